The van der Waals surface area contributed by atoms with Crippen LogP contribution in [-0.4, -0.2) is 32.3 Å². The van der Waals surface area contributed by atoms with Crippen LogP contribution in [0.2, 0.25) is 5.02 Å². The van der Waals surface area contributed by atoms with Crippen LogP contribution in [0.1, 0.15) is 47.2 Å². The van der Waals surface area contributed by atoms with Crippen LogP contribution in [0.25, 0.3) is 0 Å². The first kappa shape index (κ1) is 23.8. The van der Waals surface area contributed by atoms with Gasteiger partial charge in [0.05, 0.1) is 11.8 Å². The second-order valence-corrected chi connectivity index (χ2v) is 8.75. The highest BCUT2D eigenvalue weighted by Gasteiger charge is 2.20. The number of carbonyl (C=O) groups excluding carboxylic acids is 2. The van der Waals surface area contributed by atoms with Gasteiger partial charge in [0.1, 0.15) is 0 Å². The van der Waals surface area contributed by atoms with Crippen LogP contribution < -0.4 is 10.6 Å². The molecule has 2 amide bonds. The van der Waals surface area contributed by atoms with E-state index in [1.807, 2.05) is 56.5 Å². The molecular weight excluding hydrogens is 446 g/mol. The minimum Gasteiger partial charge on any atom is -0.342 e. The monoisotopic (exact) mass is 471 g/mol. The lowest BCUT2D eigenvalue weighted by Crippen LogP contribution is -2.28. The van der Waals surface area contributed by atoms with Crippen LogP contribution in [0.15, 0.2) is 47.6 Å². The number of hydrogen-bond acceptors (Lipinski definition) is 5. The van der Waals surface area contributed by atoms with Crippen molar-refractivity contribution in [2.45, 2.75) is 45.4 Å². The Morgan fingerprint density at radius 1 is 1.16 bits per heavy atom. The highest BCUT2D eigenvalue weighted by atomic mass is 35.5. The number of rotatable bonds is 8. The van der Waals surface area contributed by atoms with Crippen molar-refractivity contribution in [3.8, 4) is 0 Å². The van der Waals surface area contributed by atoms with Crippen molar-refractivity contribution in [1.29, 1.82) is 0 Å². The number of carbonyl (C=O) groups is 2. The molecular formula is C23H26ClN5O2S. The molecule has 3 aromatic rings. The van der Waals surface area contributed by atoms with Gasteiger partial charge in [-0.05, 0) is 57.5 Å². The Morgan fingerprint density at radius 2 is 1.91 bits per heavy atom. The molecule has 0 aliphatic carbocycles. The number of thioether (sulfide) groups is 1. The van der Waals surface area contributed by atoms with E-state index < -0.39 is 0 Å². The summed E-state index contributed by atoms with van der Waals surface area (Å²) in [7, 11) is 0. The molecule has 0 spiro atoms. The SMILES string of the molecule is CCn1c(SCC(=O)Nc2cccc(Cl)c2C)nnc1[C@H](C)NC(=O)c1cccc(C)c1. The number of nitrogens with one attached hydrogen (secondary N) is 2. The topological polar surface area (TPSA) is 88.9 Å². The molecule has 0 unspecified atom stereocenters. The van der Waals surface area contributed by atoms with Gasteiger partial charge in [0.25, 0.3) is 5.91 Å². The summed E-state index contributed by atoms with van der Waals surface area (Å²) in [5.41, 5.74) is 3.13. The average Bonchev–Trinajstić information content (AvgIpc) is 3.18. The summed E-state index contributed by atoms with van der Waals surface area (Å²) in [5.74, 6) is 0.487. The van der Waals surface area contributed by atoms with Crippen LogP contribution in [0.4, 0.5) is 5.69 Å². The van der Waals surface area contributed by atoms with E-state index in [0.717, 1.165) is 11.1 Å². The molecule has 0 saturated carbocycles. The van der Waals surface area contributed by atoms with Crippen LogP contribution in [-0.2, 0) is 11.3 Å². The van der Waals surface area contributed by atoms with Crippen LogP contribution >= 0.6 is 23.4 Å². The molecule has 7 nitrogen and oxygen atoms in total. The molecule has 0 bridgehead atoms. The van der Waals surface area contributed by atoms with E-state index in [1.54, 1.807) is 18.2 Å². The van der Waals surface area contributed by atoms with Gasteiger partial charge in [-0.25, -0.2) is 0 Å². The molecule has 32 heavy (non-hydrogen) atoms. The molecule has 0 radical (unpaired) electrons. The van der Waals surface area contributed by atoms with Gasteiger partial charge in [-0.3, -0.25) is 9.59 Å². The first-order valence-corrected chi connectivity index (χ1v) is 11.6. The Balaban J connectivity index is 1.64. The molecule has 9 heteroatoms. The Morgan fingerprint density at radius 3 is 2.62 bits per heavy atom. The maximum atomic E-state index is 12.6. The Hall–Kier alpha value is -2.84. The summed E-state index contributed by atoms with van der Waals surface area (Å²) in [4.78, 5) is 25.0. The number of hydrogen-bond donors (Lipinski definition) is 2. The lowest BCUT2D eigenvalue weighted by Gasteiger charge is -2.15. The number of benzene rings is 2. The van der Waals surface area contributed by atoms with Crippen LogP contribution in [0.3, 0.4) is 0 Å². The smallest absolute Gasteiger partial charge is 0.251 e. The lowest BCUT2D eigenvalue weighted by molar-refractivity contribution is -0.113. The van der Waals surface area contributed by atoms with Crippen LogP contribution in [0, 0.1) is 13.8 Å². The largest absolute Gasteiger partial charge is 0.342 e. The van der Waals surface area contributed by atoms with E-state index in [4.69, 9.17) is 11.6 Å². The van der Waals surface area contributed by atoms with Gasteiger partial charge in [-0.1, -0.05) is 47.1 Å². The lowest BCUT2D eigenvalue weighted by atomic mass is 10.1. The summed E-state index contributed by atoms with van der Waals surface area (Å²) < 4.78 is 1.91. The average molecular weight is 472 g/mol. The second-order valence-electron chi connectivity index (χ2n) is 7.40. The summed E-state index contributed by atoms with van der Waals surface area (Å²) >= 11 is 7.41. The zero-order chi connectivity index (χ0) is 23.3. The Labute approximate surface area is 197 Å². The van der Waals surface area contributed by atoms with Gasteiger partial charge < -0.3 is 15.2 Å². The second kappa shape index (κ2) is 10.7. The number of aryl methyl sites for hydroxylation is 1. The van der Waals surface area contributed by atoms with E-state index in [-0.39, 0.29) is 23.6 Å². The van der Waals surface area contributed by atoms with Crippen molar-refractivity contribution < 1.29 is 9.59 Å². The molecule has 0 fully saturated rings. The van der Waals surface area contributed by atoms with Crippen molar-refractivity contribution in [1.82, 2.24) is 20.1 Å². The summed E-state index contributed by atoms with van der Waals surface area (Å²) in [6.45, 7) is 8.26. The zero-order valence-corrected chi connectivity index (χ0v) is 20.0. The first-order chi connectivity index (χ1) is 15.3. The molecule has 168 valence electrons. The minimum absolute atomic E-state index is 0.159. The fourth-order valence-corrected chi connectivity index (χ4v) is 4.20. The van der Waals surface area contributed by atoms with Gasteiger partial charge in [-0.15, -0.1) is 10.2 Å². The number of amides is 2. The molecule has 0 aliphatic heterocycles. The highest BCUT2D eigenvalue weighted by Crippen LogP contribution is 2.24. The quantitative estimate of drug-likeness (QED) is 0.461. The molecule has 0 aliphatic rings. The van der Waals surface area contributed by atoms with Gasteiger partial charge in [0, 0.05) is 22.8 Å². The fourth-order valence-electron chi connectivity index (χ4n) is 3.21. The molecule has 1 aromatic heterocycles. The number of anilines is 1. The predicted molar refractivity (Wildman–Crippen MR) is 128 cm³/mol. The van der Waals surface area contributed by atoms with Gasteiger partial charge in [0.15, 0.2) is 11.0 Å². The van der Waals surface area contributed by atoms with Crippen molar-refractivity contribution in [3.05, 3.63) is 70.0 Å². The molecule has 2 N–H and O–H groups in total. The summed E-state index contributed by atoms with van der Waals surface area (Å²) in [5, 5.41) is 15.6. The molecule has 1 atom stereocenters. The molecule has 0 saturated heterocycles. The van der Waals surface area contributed by atoms with Crippen LogP contribution in [0.5, 0.6) is 0 Å². The van der Waals surface area contributed by atoms with Gasteiger partial charge in [0.2, 0.25) is 5.91 Å². The molecule has 1 heterocycles. The standard InChI is InChI=1S/C23H26ClN5O2S/c1-5-29-21(16(4)25-22(31)17-9-6-8-14(2)12-17)27-28-23(29)32-13-20(30)26-19-11-7-10-18(24)15(19)3/h6-12,16H,5,13H2,1-4H3,(H,25,31)(H,26,30)/t16-/m0/s1. The van der Waals surface area contributed by atoms with Crippen molar-refractivity contribution in [2.24, 2.45) is 0 Å². The molecule has 2 aromatic carbocycles. The third-order valence-electron chi connectivity index (χ3n) is 4.95. The summed E-state index contributed by atoms with van der Waals surface area (Å²) in [6, 6.07) is 12.5. The zero-order valence-electron chi connectivity index (χ0n) is 18.5. The molecule has 3 rings (SSSR count). The van der Waals surface area contributed by atoms with E-state index in [1.165, 1.54) is 11.8 Å². The van der Waals surface area contributed by atoms with Crippen molar-refractivity contribution in [3.63, 3.8) is 0 Å². The normalized spacial score (nSPS) is 11.8. The van der Waals surface area contributed by atoms with E-state index in [0.29, 0.717) is 33.8 Å². The fraction of sp³-hybridized carbons (Fsp3) is 0.304. The maximum absolute atomic E-state index is 12.6. The number of halogens is 1. The Bertz CT molecular complexity index is 1130. The number of aromatic nitrogens is 3. The number of nitrogens with zero attached hydrogens (tertiary/aromatic N) is 3. The van der Waals surface area contributed by atoms with Crippen molar-refractivity contribution in [2.75, 3.05) is 11.1 Å². The van der Waals surface area contributed by atoms with Gasteiger partial charge in [-0.2, -0.15) is 0 Å². The Kier molecular flexibility index (Phi) is 7.93. The predicted octanol–water partition coefficient (Wildman–Crippen LogP) is 4.79. The highest BCUT2D eigenvalue weighted by molar-refractivity contribution is 7.99. The van der Waals surface area contributed by atoms with E-state index in [2.05, 4.69) is 20.8 Å². The van der Waals surface area contributed by atoms with Crippen molar-refractivity contribution >= 4 is 40.9 Å². The minimum atomic E-state index is -0.340. The van der Waals surface area contributed by atoms with Gasteiger partial charge >= 0.3 is 0 Å². The third-order valence-corrected chi connectivity index (χ3v) is 6.33. The summed E-state index contributed by atoms with van der Waals surface area (Å²) in [6.07, 6.45) is 0. The van der Waals surface area contributed by atoms with E-state index in [9.17, 15) is 9.59 Å². The third kappa shape index (κ3) is 5.69. The van der Waals surface area contributed by atoms with E-state index >= 15 is 0 Å². The maximum Gasteiger partial charge on any atom is 0.251 e. The first-order valence-electron chi connectivity index (χ1n) is 10.3.